The number of hydrogen-bond acceptors (Lipinski definition) is 4. The van der Waals surface area contributed by atoms with E-state index < -0.39 is 15.8 Å². The molecule has 0 bridgehead atoms. The van der Waals surface area contributed by atoms with Crippen molar-refractivity contribution >= 4 is 38.6 Å². The van der Waals surface area contributed by atoms with Crippen LogP contribution in [0.2, 0.25) is 0 Å². The van der Waals surface area contributed by atoms with Crippen molar-refractivity contribution in [3.05, 3.63) is 84.2 Å². The maximum absolute atomic E-state index is 13.0. The van der Waals surface area contributed by atoms with Gasteiger partial charge in [-0.3, -0.25) is 14.8 Å². The summed E-state index contributed by atoms with van der Waals surface area (Å²) in [6.45, 7) is 0. The first-order valence-corrected chi connectivity index (χ1v) is 10.5. The molecule has 3 aromatic carbocycles. The molecule has 3 N–H and O–H groups in total. The molecular formula is C21H17FN4O3S. The summed E-state index contributed by atoms with van der Waals surface area (Å²) in [6.07, 6.45) is 0.0992. The summed E-state index contributed by atoms with van der Waals surface area (Å²) in [5.41, 5.74) is 2.62. The number of nitrogens with zero attached hydrogens (tertiary/aromatic N) is 1. The van der Waals surface area contributed by atoms with Crippen molar-refractivity contribution in [2.75, 3.05) is 10.0 Å². The Labute approximate surface area is 172 Å². The molecule has 9 heteroatoms. The topological polar surface area (TPSA) is 104 Å². The van der Waals surface area contributed by atoms with Crippen LogP contribution < -0.4 is 10.0 Å². The number of carbonyl (C=O) groups excluding carboxylic acids is 1. The van der Waals surface area contributed by atoms with E-state index in [1.807, 2.05) is 24.3 Å². The van der Waals surface area contributed by atoms with Gasteiger partial charge in [0.15, 0.2) is 0 Å². The van der Waals surface area contributed by atoms with Gasteiger partial charge in [-0.25, -0.2) is 17.8 Å². The van der Waals surface area contributed by atoms with Crippen molar-refractivity contribution in [1.82, 2.24) is 9.97 Å². The highest BCUT2D eigenvalue weighted by Gasteiger charge is 2.14. The van der Waals surface area contributed by atoms with Gasteiger partial charge < -0.3 is 4.98 Å². The number of hydrogen-bond donors (Lipinski definition) is 3. The summed E-state index contributed by atoms with van der Waals surface area (Å²) >= 11 is 0. The summed E-state index contributed by atoms with van der Waals surface area (Å²) in [5, 5.41) is 2.71. The first kappa shape index (κ1) is 19.6. The van der Waals surface area contributed by atoms with Crippen LogP contribution in [0.5, 0.6) is 0 Å². The van der Waals surface area contributed by atoms with E-state index in [0.717, 1.165) is 23.2 Å². The lowest BCUT2D eigenvalue weighted by molar-refractivity contribution is -0.115. The second-order valence-corrected chi connectivity index (χ2v) is 8.27. The summed E-state index contributed by atoms with van der Waals surface area (Å²) in [7, 11) is -3.83. The fourth-order valence-electron chi connectivity index (χ4n) is 2.89. The highest BCUT2D eigenvalue weighted by Crippen LogP contribution is 2.18. The zero-order valence-electron chi connectivity index (χ0n) is 15.6. The van der Waals surface area contributed by atoms with Crippen LogP contribution >= 0.6 is 0 Å². The zero-order chi connectivity index (χ0) is 21.1. The van der Waals surface area contributed by atoms with Gasteiger partial charge in [-0.15, -0.1) is 0 Å². The molecule has 1 heterocycles. The van der Waals surface area contributed by atoms with E-state index in [2.05, 4.69) is 20.0 Å². The monoisotopic (exact) mass is 424 g/mol. The van der Waals surface area contributed by atoms with Crippen molar-refractivity contribution in [3.8, 4) is 0 Å². The molecule has 30 heavy (non-hydrogen) atoms. The zero-order valence-corrected chi connectivity index (χ0v) is 16.4. The quantitative estimate of drug-likeness (QED) is 0.439. The number of amides is 1. The standard InChI is InChI=1S/C21H17FN4O3S/c22-15-7-11-17(12-8-15)30(28,29)26-16-9-5-14(6-10-16)13-20(27)25-21-23-18-3-1-2-4-19(18)24-21/h1-12,26H,13H2,(H2,23,24,25,27). The van der Waals surface area contributed by atoms with Gasteiger partial charge in [0.25, 0.3) is 10.0 Å². The number of nitrogens with one attached hydrogen (secondary N) is 3. The Morgan fingerprint density at radius 2 is 1.67 bits per heavy atom. The maximum atomic E-state index is 13.0. The van der Waals surface area contributed by atoms with Crippen LogP contribution in [0, 0.1) is 5.82 Å². The molecule has 0 spiro atoms. The van der Waals surface area contributed by atoms with Gasteiger partial charge in [-0.1, -0.05) is 24.3 Å². The van der Waals surface area contributed by atoms with Gasteiger partial charge in [-0.2, -0.15) is 0 Å². The molecule has 0 saturated carbocycles. The molecule has 1 aromatic heterocycles. The largest absolute Gasteiger partial charge is 0.324 e. The number of halogens is 1. The van der Waals surface area contributed by atoms with Gasteiger partial charge in [-0.05, 0) is 54.1 Å². The number of aromatic nitrogens is 2. The number of imidazole rings is 1. The Bertz CT molecular complexity index is 1270. The second kappa shape index (κ2) is 7.96. The van der Waals surface area contributed by atoms with Gasteiger partial charge in [0.05, 0.1) is 22.3 Å². The Balaban J connectivity index is 1.39. The number of rotatable bonds is 6. The van der Waals surface area contributed by atoms with Crippen molar-refractivity contribution < 1.29 is 17.6 Å². The first-order valence-electron chi connectivity index (χ1n) is 9.01. The third-order valence-corrected chi connectivity index (χ3v) is 5.74. The molecule has 1 amide bonds. The molecule has 0 unspecified atom stereocenters. The van der Waals surface area contributed by atoms with E-state index in [-0.39, 0.29) is 17.2 Å². The third kappa shape index (κ3) is 4.47. The second-order valence-electron chi connectivity index (χ2n) is 6.58. The van der Waals surface area contributed by atoms with Crippen LogP contribution in [0.15, 0.2) is 77.7 Å². The molecule has 0 aliphatic heterocycles. The van der Waals surface area contributed by atoms with E-state index in [9.17, 15) is 17.6 Å². The molecule has 7 nitrogen and oxygen atoms in total. The van der Waals surface area contributed by atoms with Crippen molar-refractivity contribution in [2.45, 2.75) is 11.3 Å². The molecule has 0 radical (unpaired) electrons. The minimum Gasteiger partial charge on any atom is -0.324 e. The molecule has 0 atom stereocenters. The van der Waals surface area contributed by atoms with E-state index in [1.54, 1.807) is 24.3 Å². The third-order valence-electron chi connectivity index (χ3n) is 4.34. The lowest BCUT2D eigenvalue weighted by Gasteiger charge is -2.09. The molecular weight excluding hydrogens is 407 g/mol. The summed E-state index contributed by atoms with van der Waals surface area (Å²) < 4.78 is 40.1. The molecule has 152 valence electrons. The summed E-state index contributed by atoms with van der Waals surface area (Å²) in [4.78, 5) is 19.5. The van der Waals surface area contributed by atoms with Crippen LogP contribution in [-0.2, 0) is 21.2 Å². The minimum absolute atomic E-state index is 0.0433. The molecule has 0 aliphatic rings. The Kier molecular flexibility index (Phi) is 5.20. The van der Waals surface area contributed by atoms with Gasteiger partial charge >= 0.3 is 0 Å². The van der Waals surface area contributed by atoms with Crippen LogP contribution in [0.4, 0.5) is 16.0 Å². The van der Waals surface area contributed by atoms with Gasteiger partial charge in [0.2, 0.25) is 11.9 Å². The molecule has 0 saturated heterocycles. The number of para-hydroxylation sites is 2. The molecule has 0 aliphatic carbocycles. The average Bonchev–Trinajstić information content (AvgIpc) is 3.11. The van der Waals surface area contributed by atoms with Crippen LogP contribution in [0.25, 0.3) is 11.0 Å². The van der Waals surface area contributed by atoms with Gasteiger partial charge in [0.1, 0.15) is 5.82 Å². The molecule has 4 rings (SSSR count). The summed E-state index contributed by atoms with van der Waals surface area (Å²) in [6, 6.07) is 18.4. The Hall–Kier alpha value is -3.72. The van der Waals surface area contributed by atoms with Crippen molar-refractivity contribution in [2.24, 2.45) is 0 Å². The SMILES string of the molecule is O=C(Cc1ccc(NS(=O)(=O)c2ccc(F)cc2)cc1)Nc1nc2ccccc2[nH]1. The number of fused-ring (bicyclic) bond motifs is 1. The van der Waals surface area contributed by atoms with E-state index in [1.165, 1.54) is 12.1 Å². The number of benzene rings is 3. The predicted octanol–water partition coefficient (Wildman–Crippen LogP) is 3.68. The van der Waals surface area contributed by atoms with E-state index in [0.29, 0.717) is 17.2 Å². The van der Waals surface area contributed by atoms with Crippen molar-refractivity contribution in [3.63, 3.8) is 0 Å². The number of aromatic amines is 1. The minimum atomic E-state index is -3.83. The van der Waals surface area contributed by atoms with Crippen LogP contribution in [0.1, 0.15) is 5.56 Å². The maximum Gasteiger partial charge on any atom is 0.261 e. The lowest BCUT2D eigenvalue weighted by Crippen LogP contribution is -2.15. The Morgan fingerprint density at radius 3 is 2.37 bits per heavy atom. The number of anilines is 2. The van der Waals surface area contributed by atoms with Gasteiger partial charge in [0, 0.05) is 5.69 Å². The van der Waals surface area contributed by atoms with Crippen LogP contribution in [0.3, 0.4) is 0 Å². The smallest absolute Gasteiger partial charge is 0.261 e. The van der Waals surface area contributed by atoms with E-state index >= 15 is 0 Å². The number of H-pyrrole nitrogens is 1. The fraction of sp³-hybridized carbons (Fsp3) is 0.0476. The van der Waals surface area contributed by atoms with E-state index in [4.69, 9.17) is 0 Å². The predicted molar refractivity (Wildman–Crippen MR) is 112 cm³/mol. The molecule has 0 fully saturated rings. The normalized spacial score (nSPS) is 11.4. The fourth-order valence-corrected chi connectivity index (χ4v) is 3.95. The highest BCUT2D eigenvalue weighted by molar-refractivity contribution is 7.92. The summed E-state index contributed by atoms with van der Waals surface area (Å²) in [5.74, 6) is -0.405. The number of sulfonamides is 1. The Morgan fingerprint density at radius 1 is 0.967 bits per heavy atom. The molecule has 4 aromatic rings. The lowest BCUT2D eigenvalue weighted by atomic mass is 10.1. The van der Waals surface area contributed by atoms with Crippen molar-refractivity contribution in [1.29, 1.82) is 0 Å². The number of carbonyl (C=O) groups is 1. The average molecular weight is 424 g/mol. The first-order chi connectivity index (χ1) is 14.4. The highest BCUT2D eigenvalue weighted by atomic mass is 32.2. The van der Waals surface area contributed by atoms with Crippen LogP contribution in [-0.4, -0.2) is 24.3 Å².